The summed E-state index contributed by atoms with van der Waals surface area (Å²) in [5.74, 6) is 0.261. The Morgan fingerprint density at radius 1 is 1.47 bits per heavy atom. The molecule has 0 saturated carbocycles. The molecule has 0 aliphatic rings. The number of thiophene rings is 1. The van der Waals surface area contributed by atoms with Gasteiger partial charge in [0.1, 0.15) is 10.6 Å². The van der Waals surface area contributed by atoms with Crippen molar-refractivity contribution in [3.8, 4) is 10.6 Å². The second-order valence-electron chi connectivity index (χ2n) is 4.74. The van der Waals surface area contributed by atoms with Crippen molar-refractivity contribution in [3.63, 3.8) is 0 Å². The Hall–Kier alpha value is -1.18. The summed E-state index contributed by atoms with van der Waals surface area (Å²) in [5, 5.41) is 6.16. The smallest absolute Gasteiger partial charge is 0.244 e. The summed E-state index contributed by atoms with van der Waals surface area (Å²) in [6.45, 7) is 4.35. The van der Waals surface area contributed by atoms with E-state index in [2.05, 4.69) is 9.82 Å². The number of nitrogens with one attached hydrogen (secondary N) is 1. The van der Waals surface area contributed by atoms with Gasteiger partial charge in [-0.1, -0.05) is 19.9 Å². The van der Waals surface area contributed by atoms with Gasteiger partial charge >= 0.3 is 0 Å². The molecule has 0 aromatic carbocycles. The third-order valence-corrected chi connectivity index (χ3v) is 4.82. The second kappa shape index (κ2) is 5.44. The van der Waals surface area contributed by atoms with E-state index in [-0.39, 0.29) is 10.8 Å². The van der Waals surface area contributed by atoms with Gasteiger partial charge in [0.25, 0.3) is 0 Å². The van der Waals surface area contributed by atoms with Crippen LogP contribution in [-0.4, -0.2) is 24.7 Å². The van der Waals surface area contributed by atoms with E-state index >= 15 is 0 Å². The summed E-state index contributed by atoms with van der Waals surface area (Å²) < 4.78 is 28.8. The van der Waals surface area contributed by atoms with Gasteiger partial charge in [-0.3, -0.25) is 4.68 Å². The molecule has 0 spiro atoms. The van der Waals surface area contributed by atoms with E-state index in [1.165, 1.54) is 22.2 Å². The predicted octanol–water partition coefficient (Wildman–Crippen LogP) is 2.08. The van der Waals surface area contributed by atoms with Gasteiger partial charge in [0, 0.05) is 19.8 Å². The zero-order valence-corrected chi connectivity index (χ0v) is 12.8. The highest BCUT2D eigenvalue weighted by Crippen LogP contribution is 2.29. The van der Waals surface area contributed by atoms with Gasteiger partial charge in [-0.15, -0.1) is 11.3 Å². The molecule has 0 fully saturated rings. The van der Waals surface area contributed by atoms with Crippen LogP contribution >= 0.6 is 11.3 Å². The fourth-order valence-electron chi connectivity index (χ4n) is 1.60. The molecule has 0 unspecified atom stereocenters. The number of aromatic nitrogens is 2. The molecule has 7 heteroatoms. The number of rotatable bonds is 5. The van der Waals surface area contributed by atoms with E-state index in [1.54, 1.807) is 7.05 Å². The largest absolute Gasteiger partial charge is 0.274 e. The summed E-state index contributed by atoms with van der Waals surface area (Å²) >= 11 is 1.48. The zero-order chi connectivity index (χ0) is 14.0. The topological polar surface area (TPSA) is 64.0 Å². The maximum absolute atomic E-state index is 12.3. The van der Waals surface area contributed by atoms with Crippen molar-refractivity contribution < 1.29 is 8.42 Å². The minimum Gasteiger partial charge on any atom is -0.274 e. The molecule has 2 heterocycles. The lowest BCUT2D eigenvalue weighted by molar-refractivity contribution is 0.560. The first-order chi connectivity index (χ1) is 8.90. The SMILES string of the molecule is CC(C)CNS(=O)(=O)c1cn(C)nc1-c1cccs1. The monoisotopic (exact) mass is 299 g/mol. The first-order valence-corrected chi connectivity index (χ1v) is 8.33. The van der Waals surface area contributed by atoms with E-state index in [9.17, 15) is 8.42 Å². The molecule has 2 aromatic rings. The van der Waals surface area contributed by atoms with Crippen LogP contribution in [0.15, 0.2) is 28.6 Å². The second-order valence-corrected chi connectivity index (χ2v) is 7.42. The Morgan fingerprint density at radius 2 is 2.21 bits per heavy atom. The Bertz CT molecular complexity index is 643. The average molecular weight is 299 g/mol. The minimum absolute atomic E-state index is 0.234. The number of hydrogen-bond donors (Lipinski definition) is 1. The van der Waals surface area contributed by atoms with Crippen molar-refractivity contribution >= 4 is 21.4 Å². The molecule has 0 bridgehead atoms. The van der Waals surface area contributed by atoms with E-state index in [1.807, 2.05) is 31.4 Å². The van der Waals surface area contributed by atoms with Crippen LogP contribution in [0, 0.1) is 5.92 Å². The lowest BCUT2D eigenvalue weighted by Crippen LogP contribution is -2.27. The molecule has 2 rings (SSSR count). The summed E-state index contributed by atoms with van der Waals surface area (Å²) in [5.41, 5.74) is 0.508. The molecule has 19 heavy (non-hydrogen) atoms. The summed E-state index contributed by atoms with van der Waals surface area (Å²) in [4.78, 5) is 1.09. The fraction of sp³-hybridized carbons (Fsp3) is 0.417. The minimum atomic E-state index is -3.52. The van der Waals surface area contributed by atoms with Gasteiger partial charge in [0.15, 0.2) is 0 Å². The Kier molecular flexibility index (Phi) is 4.07. The molecule has 0 aliphatic carbocycles. The zero-order valence-electron chi connectivity index (χ0n) is 11.1. The van der Waals surface area contributed by atoms with Gasteiger partial charge in [0.05, 0.1) is 4.88 Å². The van der Waals surface area contributed by atoms with Gasteiger partial charge < -0.3 is 0 Å². The number of sulfonamides is 1. The maximum atomic E-state index is 12.3. The summed E-state index contributed by atoms with van der Waals surface area (Å²) in [6.07, 6.45) is 1.54. The van der Waals surface area contributed by atoms with Crippen LogP contribution < -0.4 is 4.72 Å². The average Bonchev–Trinajstić information content (AvgIpc) is 2.94. The maximum Gasteiger partial charge on any atom is 0.244 e. The molecular formula is C12H17N3O2S2. The van der Waals surface area contributed by atoms with Gasteiger partial charge in [-0.05, 0) is 17.4 Å². The van der Waals surface area contributed by atoms with Crippen LogP contribution in [0.4, 0.5) is 0 Å². The molecule has 0 atom stereocenters. The van der Waals surface area contributed by atoms with Crippen molar-refractivity contribution in [2.24, 2.45) is 13.0 Å². The molecule has 0 aliphatic heterocycles. The van der Waals surface area contributed by atoms with Crippen LogP contribution in [0.3, 0.4) is 0 Å². The van der Waals surface area contributed by atoms with Crippen molar-refractivity contribution in [2.45, 2.75) is 18.7 Å². The number of nitrogens with zero attached hydrogens (tertiary/aromatic N) is 2. The molecule has 0 saturated heterocycles. The highest BCUT2D eigenvalue weighted by molar-refractivity contribution is 7.89. The predicted molar refractivity (Wildman–Crippen MR) is 76.5 cm³/mol. The molecule has 0 amide bonds. The van der Waals surface area contributed by atoms with E-state index in [0.717, 1.165) is 4.88 Å². The van der Waals surface area contributed by atoms with E-state index in [0.29, 0.717) is 12.2 Å². The normalized spacial score (nSPS) is 12.2. The highest BCUT2D eigenvalue weighted by atomic mass is 32.2. The van der Waals surface area contributed by atoms with Gasteiger partial charge in [-0.25, -0.2) is 13.1 Å². The third kappa shape index (κ3) is 3.23. The Balaban J connectivity index is 2.40. The first-order valence-electron chi connectivity index (χ1n) is 5.97. The molecule has 104 valence electrons. The number of hydrogen-bond acceptors (Lipinski definition) is 4. The molecular weight excluding hydrogens is 282 g/mol. The van der Waals surface area contributed by atoms with Crippen molar-refractivity contribution in [1.82, 2.24) is 14.5 Å². The van der Waals surface area contributed by atoms with Gasteiger partial charge in [0.2, 0.25) is 10.0 Å². The Morgan fingerprint density at radius 3 is 2.79 bits per heavy atom. The summed E-state index contributed by atoms with van der Waals surface area (Å²) in [7, 11) is -1.80. The van der Waals surface area contributed by atoms with Crippen molar-refractivity contribution in [2.75, 3.05) is 6.54 Å². The van der Waals surface area contributed by atoms with E-state index < -0.39 is 10.0 Å². The molecule has 0 radical (unpaired) electrons. The standard InChI is InChI=1S/C12H17N3O2S2/c1-9(2)7-13-19(16,17)11-8-15(3)14-12(11)10-5-4-6-18-10/h4-6,8-9,13H,7H2,1-3H3. The fourth-order valence-corrected chi connectivity index (χ4v) is 3.79. The van der Waals surface area contributed by atoms with Crippen LogP contribution in [-0.2, 0) is 17.1 Å². The molecule has 1 N–H and O–H groups in total. The van der Waals surface area contributed by atoms with Crippen LogP contribution in [0.1, 0.15) is 13.8 Å². The van der Waals surface area contributed by atoms with Crippen LogP contribution in [0.2, 0.25) is 0 Å². The van der Waals surface area contributed by atoms with Gasteiger partial charge in [-0.2, -0.15) is 5.10 Å². The Labute approximate surface area is 117 Å². The third-order valence-electron chi connectivity index (χ3n) is 2.52. The van der Waals surface area contributed by atoms with Crippen LogP contribution in [0.25, 0.3) is 10.6 Å². The molecule has 5 nitrogen and oxygen atoms in total. The first kappa shape index (κ1) is 14.2. The number of aryl methyl sites for hydroxylation is 1. The van der Waals surface area contributed by atoms with Crippen molar-refractivity contribution in [3.05, 3.63) is 23.7 Å². The lowest BCUT2D eigenvalue weighted by atomic mass is 10.2. The van der Waals surface area contributed by atoms with Crippen LogP contribution in [0.5, 0.6) is 0 Å². The van der Waals surface area contributed by atoms with Crippen molar-refractivity contribution in [1.29, 1.82) is 0 Å². The van der Waals surface area contributed by atoms with E-state index in [4.69, 9.17) is 0 Å². The molecule has 2 aromatic heterocycles. The highest BCUT2D eigenvalue weighted by Gasteiger charge is 2.23. The lowest BCUT2D eigenvalue weighted by Gasteiger charge is -2.08. The quantitative estimate of drug-likeness (QED) is 0.919. The summed E-state index contributed by atoms with van der Waals surface area (Å²) in [6, 6.07) is 3.75.